The molecule has 18 heavy (non-hydrogen) atoms. The number of para-hydroxylation sites is 1. The summed E-state index contributed by atoms with van der Waals surface area (Å²) in [5.74, 6) is -0.179. The standard InChI is InChI=1S/C15H16N2O/c1-10-7-8-12(13(16)9-10)15(18)17-14-6-4-3-5-11(14)2/h3-9H,16H2,1-2H3,(H,17,18). The van der Waals surface area contributed by atoms with Gasteiger partial charge in [-0.3, -0.25) is 4.79 Å². The molecule has 0 atom stereocenters. The number of carbonyl (C=O) groups excluding carboxylic acids is 1. The zero-order chi connectivity index (χ0) is 13.1. The van der Waals surface area contributed by atoms with Crippen molar-refractivity contribution in [3.8, 4) is 0 Å². The van der Waals surface area contributed by atoms with Crippen LogP contribution in [0.3, 0.4) is 0 Å². The normalized spacial score (nSPS) is 10.1. The first-order chi connectivity index (χ1) is 8.58. The van der Waals surface area contributed by atoms with Gasteiger partial charge in [0.2, 0.25) is 0 Å². The molecule has 0 spiro atoms. The summed E-state index contributed by atoms with van der Waals surface area (Å²) in [6.45, 7) is 3.90. The molecular weight excluding hydrogens is 224 g/mol. The van der Waals surface area contributed by atoms with Gasteiger partial charge in [0.05, 0.1) is 5.56 Å². The van der Waals surface area contributed by atoms with Gasteiger partial charge in [0, 0.05) is 11.4 Å². The third-order valence-corrected chi connectivity index (χ3v) is 2.84. The van der Waals surface area contributed by atoms with Crippen LogP contribution in [0, 0.1) is 13.8 Å². The largest absolute Gasteiger partial charge is 0.398 e. The van der Waals surface area contributed by atoms with Crippen LogP contribution in [-0.4, -0.2) is 5.91 Å². The van der Waals surface area contributed by atoms with E-state index in [1.807, 2.05) is 44.2 Å². The van der Waals surface area contributed by atoms with E-state index in [-0.39, 0.29) is 5.91 Å². The lowest BCUT2D eigenvalue weighted by molar-refractivity contribution is 0.102. The summed E-state index contributed by atoms with van der Waals surface area (Å²) in [7, 11) is 0. The van der Waals surface area contributed by atoms with Crippen molar-refractivity contribution in [1.82, 2.24) is 0 Å². The molecular formula is C15H16N2O. The van der Waals surface area contributed by atoms with Crippen LogP contribution in [0.4, 0.5) is 11.4 Å². The Kier molecular flexibility index (Phi) is 3.33. The van der Waals surface area contributed by atoms with Crippen LogP contribution < -0.4 is 11.1 Å². The van der Waals surface area contributed by atoms with Crippen molar-refractivity contribution < 1.29 is 4.79 Å². The zero-order valence-electron chi connectivity index (χ0n) is 10.5. The van der Waals surface area contributed by atoms with Crippen molar-refractivity contribution in [1.29, 1.82) is 0 Å². The molecule has 0 heterocycles. The molecule has 0 aliphatic heterocycles. The third-order valence-electron chi connectivity index (χ3n) is 2.84. The molecule has 0 unspecified atom stereocenters. The van der Waals surface area contributed by atoms with Crippen molar-refractivity contribution >= 4 is 17.3 Å². The molecule has 2 rings (SSSR count). The van der Waals surface area contributed by atoms with Gasteiger partial charge in [-0.2, -0.15) is 0 Å². The fourth-order valence-electron chi connectivity index (χ4n) is 1.79. The van der Waals surface area contributed by atoms with Gasteiger partial charge in [-0.1, -0.05) is 24.3 Å². The Labute approximate surface area is 107 Å². The molecule has 0 bridgehead atoms. The first-order valence-corrected chi connectivity index (χ1v) is 5.81. The highest BCUT2D eigenvalue weighted by Crippen LogP contribution is 2.18. The Morgan fingerprint density at radius 1 is 1.11 bits per heavy atom. The number of amides is 1. The van der Waals surface area contributed by atoms with Gasteiger partial charge in [-0.05, 0) is 43.2 Å². The number of rotatable bonds is 2. The summed E-state index contributed by atoms with van der Waals surface area (Å²) in [4.78, 5) is 12.1. The van der Waals surface area contributed by atoms with Crippen LogP contribution in [0.25, 0.3) is 0 Å². The van der Waals surface area contributed by atoms with Crippen LogP contribution >= 0.6 is 0 Å². The van der Waals surface area contributed by atoms with Crippen molar-refractivity contribution in [2.24, 2.45) is 0 Å². The minimum atomic E-state index is -0.179. The maximum absolute atomic E-state index is 12.1. The van der Waals surface area contributed by atoms with E-state index in [4.69, 9.17) is 5.73 Å². The molecule has 0 aromatic heterocycles. The number of anilines is 2. The second-order valence-electron chi connectivity index (χ2n) is 4.36. The number of nitrogens with two attached hydrogens (primary N) is 1. The maximum atomic E-state index is 12.1. The average Bonchev–Trinajstić information content (AvgIpc) is 2.32. The van der Waals surface area contributed by atoms with E-state index >= 15 is 0 Å². The second kappa shape index (κ2) is 4.92. The number of hydrogen-bond acceptors (Lipinski definition) is 2. The smallest absolute Gasteiger partial charge is 0.257 e. The Bertz CT molecular complexity index is 591. The number of benzene rings is 2. The minimum absolute atomic E-state index is 0.179. The zero-order valence-corrected chi connectivity index (χ0v) is 10.5. The lowest BCUT2D eigenvalue weighted by Crippen LogP contribution is -2.14. The predicted molar refractivity (Wildman–Crippen MR) is 74.7 cm³/mol. The lowest BCUT2D eigenvalue weighted by atomic mass is 10.1. The second-order valence-corrected chi connectivity index (χ2v) is 4.36. The monoisotopic (exact) mass is 240 g/mol. The molecule has 3 nitrogen and oxygen atoms in total. The summed E-state index contributed by atoms with van der Waals surface area (Å²) in [6.07, 6.45) is 0. The highest BCUT2D eigenvalue weighted by molar-refractivity contribution is 6.08. The summed E-state index contributed by atoms with van der Waals surface area (Å²) in [5, 5.41) is 2.87. The fraction of sp³-hybridized carbons (Fsp3) is 0.133. The summed E-state index contributed by atoms with van der Waals surface area (Å²) >= 11 is 0. The van der Waals surface area contributed by atoms with E-state index < -0.39 is 0 Å². The van der Waals surface area contributed by atoms with Crippen LogP contribution in [0.1, 0.15) is 21.5 Å². The molecule has 0 saturated carbocycles. The molecule has 0 fully saturated rings. The molecule has 1 amide bonds. The van der Waals surface area contributed by atoms with Crippen molar-refractivity contribution in [3.63, 3.8) is 0 Å². The van der Waals surface area contributed by atoms with E-state index in [1.54, 1.807) is 12.1 Å². The van der Waals surface area contributed by atoms with Crippen molar-refractivity contribution in [3.05, 3.63) is 59.2 Å². The average molecular weight is 240 g/mol. The number of carbonyl (C=O) groups is 1. The lowest BCUT2D eigenvalue weighted by Gasteiger charge is -2.10. The fourth-order valence-corrected chi connectivity index (χ4v) is 1.79. The highest BCUT2D eigenvalue weighted by atomic mass is 16.1. The number of nitrogens with one attached hydrogen (secondary N) is 1. The predicted octanol–water partition coefficient (Wildman–Crippen LogP) is 3.14. The summed E-state index contributed by atoms with van der Waals surface area (Å²) in [5.41, 5.74) is 9.73. The molecule has 3 N–H and O–H groups in total. The molecule has 0 aliphatic carbocycles. The van der Waals surface area contributed by atoms with Gasteiger partial charge in [0.25, 0.3) is 5.91 Å². The molecule has 2 aromatic rings. The number of aryl methyl sites for hydroxylation is 2. The van der Waals surface area contributed by atoms with Gasteiger partial charge in [-0.15, -0.1) is 0 Å². The first-order valence-electron chi connectivity index (χ1n) is 5.81. The van der Waals surface area contributed by atoms with E-state index in [0.29, 0.717) is 11.3 Å². The van der Waals surface area contributed by atoms with E-state index in [1.165, 1.54) is 0 Å². The Hall–Kier alpha value is -2.29. The van der Waals surface area contributed by atoms with Gasteiger partial charge in [-0.25, -0.2) is 0 Å². The van der Waals surface area contributed by atoms with Gasteiger partial charge in [0.1, 0.15) is 0 Å². The SMILES string of the molecule is Cc1ccc(C(=O)Nc2ccccc2C)c(N)c1. The molecule has 2 aromatic carbocycles. The minimum Gasteiger partial charge on any atom is -0.398 e. The highest BCUT2D eigenvalue weighted by Gasteiger charge is 2.10. The Morgan fingerprint density at radius 3 is 2.50 bits per heavy atom. The topological polar surface area (TPSA) is 55.1 Å². The van der Waals surface area contributed by atoms with Crippen LogP contribution in [0.15, 0.2) is 42.5 Å². The molecule has 0 radical (unpaired) electrons. The maximum Gasteiger partial charge on any atom is 0.257 e. The molecule has 0 aliphatic rings. The number of hydrogen-bond donors (Lipinski definition) is 2. The molecule has 3 heteroatoms. The molecule has 92 valence electrons. The number of nitrogen functional groups attached to an aromatic ring is 1. The van der Waals surface area contributed by atoms with Crippen molar-refractivity contribution in [2.75, 3.05) is 11.1 Å². The first kappa shape index (κ1) is 12.2. The molecule has 0 saturated heterocycles. The Morgan fingerprint density at radius 2 is 1.83 bits per heavy atom. The van der Waals surface area contributed by atoms with Crippen LogP contribution in [0.2, 0.25) is 0 Å². The Balaban J connectivity index is 2.25. The van der Waals surface area contributed by atoms with E-state index in [9.17, 15) is 4.79 Å². The summed E-state index contributed by atoms with van der Waals surface area (Å²) in [6, 6.07) is 13.1. The van der Waals surface area contributed by atoms with Gasteiger partial charge in [0.15, 0.2) is 0 Å². The van der Waals surface area contributed by atoms with Crippen LogP contribution in [-0.2, 0) is 0 Å². The van der Waals surface area contributed by atoms with Crippen molar-refractivity contribution in [2.45, 2.75) is 13.8 Å². The quantitative estimate of drug-likeness (QED) is 0.792. The van der Waals surface area contributed by atoms with E-state index in [0.717, 1.165) is 16.8 Å². The van der Waals surface area contributed by atoms with Gasteiger partial charge < -0.3 is 11.1 Å². The summed E-state index contributed by atoms with van der Waals surface area (Å²) < 4.78 is 0. The third kappa shape index (κ3) is 2.51. The van der Waals surface area contributed by atoms with E-state index in [2.05, 4.69) is 5.32 Å². The van der Waals surface area contributed by atoms with Gasteiger partial charge >= 0.3 is 0 Å². The van der Waals surface area contributed by atoms with Crippen LogP contribution in [0.5, 0.6) is 0 Å².